The van der Waals surface area contributed by atoms with Crippen LogP contribution in [-0.2, 0) is 33.7 Å². The molecule has 1 N–H and O–H groups in total. The van der Waals surface area contributed by atoms with Gasteiger partial charge in [-0.05, 0) is 28.8 Å². The molecule has 0 spiro atoms. The van der Waals surface area contributed by atoms with E-state index in [2.05, 4.69) is 17.4 Å². The maximum atomic E-state index is 12.2. The Balaban J connectivity index is 1.44. The van der Waals surface area contributed by atoms with Crippen molar-refractivity contribution in [2.24, 2.45) is 0 Å². The molecule has 32 heavy (non-hydrogen) atoms. The van der Waals surface area contributed by atoms with Gasteiger partial charge in [0.1, 0.15) is 18.4 Å². The molecule has 0 aromatic heterocycles. The third-order valence-electron chi connectivity index (χ3n) is 4.86. The summed E-state index contributed by atoms with van der Waals surface area (Å²) >= 11 is 0. The third-order valence-corrected chi connectivity index (χ3v) is 4.86. The third kappa shape index (κ3) is 7.47. The Morgan fingerprint density at radius 3 is 2.06 bits per heavy atom. The Morgan fingerprint density at radius 1 is 0.812 bits per heavy atom. The van der Waals surface area contributed by atoms with Gasteiger partial charge in [0, 0.05) is 12.8 Å². The van der Waals surface area contributed by atoms with Crippen LogP contribution < -0.4 is 10.1 Å². The maximum Gasteiger partial charge on any atom is 0.408 e. The van der Waals surface area contributed by atoms with Crippen molar-refractivity contribution < 1.29 is 23.8 Å². The minimum absolute atomic E-state index is 0.0787. The Morgan fingerprint density at radius 2 is 1.44 bits per heavy atom. The quantitative estimate of drug-likeness (QED) is 0.482. The number of ether oxygens (including phenoxy) is 3. The minimum Gasteiger partial charge on any atom is -0.493 e. The van der Waals surface area contributed by atoms with E-state index in [0.717, 1.165) is 23.3 Å². The Hall–Kier alpha value is -3.80. The highest BCUT2D eigenvalue weighted by Crippen LogP contribution is 2.14. The number of carbonyl (C=O) groups excluding carboxylic acids is 2. The van der Waals surface area contributed by atoms with Gasteiger partial charge in [-0.2, -0.15) is 0 Å². The highest BCUT2D eigenvalue weighted by molar-refractivity contribution is 5.81. The summed E-state index contributed by atoms with van der Waals surface area (Å²) in [5.41, 5.74) is 2.94. The van der Waals surface area contributed by atoms with Crippen molar-refractivity contribution in [3.8, 4) is 5.75 Å². The van der Waals surface area contributed by atoms with Crippen LogP contribution in [0.25, 0.3) is 0 Å². The van der Waals surface area contributed by atoms with Crippen LogP contribution in [0.3, 0.4) is 0 Å². The van der Waals surface area contributed by atoms with Crippen LogP contribution in [0.5, 0.6) is 5.75 Å². The lowest BCUT2D eigenvalue weighted by atomic mass is 10.1. The van der Waals surface area contributed by atoms with Gasteiger partial charge in [0.25, 0.3) is 0 Å². The molecule has 0 saturated heterocycles. The average molecular weight is 434 g/mol. The average Bonchev–Trinajstić information content (AvgIpc) is 2.84. The fourth-order valence-corrected chi connectivity index (χ4v) is 3.13. The highest BCUT2D eigenvalue weighted by Gasteiger charge is 2.22. The number of carbonyl (C=O) groups is 2. The Kier molecular flexibility index (Phi) is 8.69. The molecule has 6 heteroatoms. The summed E-state index contributed by atoms with van der Waals surface area (Å²) in [5.74, 6) is 0.227. The van der Waals surface area contributed by atoms with Gasteiger partial charge in [-0.3, -0.25) is 0 Å². The number of methoxy groups -OCH3 is 1. The molecule has 1 amide bonds. The van der Waals surface area contributed by atoms with E-state index in [-0.39, 0.29) is 6.61 Å². The lowest BCUT2D eigenvalue weighted by molar-refractivity contribution is -0.143. The standard InChI is InChI=1S/C26H27NO5/c1-30-25(28)24(18-21-10-6-3-7-11-21)27-26(29)32-19-22-12-14-23(15-13-22)31-17-16-20-8-4-2-5-9-20/h2-15,24H,16-19H2,1H3,(H,27,29). The van der Waals surface area contributed by atoms with Crippen molar-refractivity contribution in [1.29, 1.82) is 0 Å². The fraction of sp³-hybridized carbons (Fsp3) is 0.231. The van der Waals surface area contributed by atoms with Gasteiger partial charge in [-0.15, -0.1) is 0 Å². The van der Waals surface area contributed by atoms with E-state index in [4.69, 9.17) is 14.2 Å². The van der Waals surface area contributed by atoms with E-state index in [1.807, 2.05) is 72.8 Å². The molecule has 0 fully saturated rings. The predicted molar refractivity (Wildman–Crippen MR) is 121 cm³/mol. The molecule has 3 aromatic rings. The molecule has 0 aliphatic heterocycles. The zero-order valence-electron chi connectivity index (χ0n) is 18.0. The van der Waals surface area contributed by atoms with Crippen LogP contribution in [0.2, 0.25) is 0 Å². The van der Waals surface area contributed by atoms with Gasteiger partial charge >= 0.3 is 12.1 Å². The van der Waals surface area contributed by atoms with Crippen LogP contribution in [0.1, 0.15) is 16.7 Å². The number of esters is 1. The zero-order chi connectivity index (χ0) is 22.6. The van der Waals surface area contributed by atoms with Gasteiger partial charge in [0.2, 0.25) is 0 Å². The second kappa shape index (κ2) is 12.2. The number of hydrogen-bond acceptors (Lipinski definition) is 5. The zero-order valence-corrected chi connectivity index (χ0v) is 18.0. The summed E-state index contributed by atoms with van der Waals surface area (Å²) < 4.78 is 15.8. The highest BCUT2D eigenvalue weighted by atomic mass is 16.6. The number of benzene rings is 3. The van der Waals surface area contributed by atoms with Gasteiger partial charge in [-0.25, -0.2) is 9.59 Å². The van der Waals surface area contributed by atoms with E-state index in [1.54, 1.807) is 0 Å². The van der Waals surface area contributed by atoms with Crippen molar-refractivity contribution in [1.82, 2.24) is 5.32 Å². The molecule has 0 radical (unpaired) electrons. The molecule has 0 aliphatic carbocycles. The first-order valence-corrected chi connectivity index (χ1v) is 10.4. The van der Waals surface area contributed by atoms with Crippen LogP contribution in [-0.4, -0.2) is 31.8 Å². The number of rotatable bonds is 10. The van der Waals surface area contributed by atoms with Crippen molar-refractivity contribution in [3.05, 3.63) is 102 Å². The van der Waals surface area contributed by atoms with Crippen molar-refractivity contribution in [3.63, 3.8) is 0 Å². The first-order chi connectivity index (χ1) is 15.6. The van der Waals surface area contributed by atoms with Gasteiger partial charge in [-0.1, -0.05) is 72.8 Å². The lowest BCUT2D eigenvalue weighted by Gasteiger charge is -2.16. The smallest absolute Gasteiger partial charge is 0.408 e. The number of amides is 1. The molecule has 3 rings (SSSR count). The summed E-state index contributed by atoms with van der Waals surface area (Å²) in [6, 6.07) is 26.1. The molecular weight excluding hydrogens is 406 g/mol. The monoisotopic (exact) mass is 433 g/mol. The number of alkyl carbamates (subject to hydrolysis) is 1. The van der Waals surface area contributed by atoms with Crippen molar-refractivity contribution >= 4 is 12.1 Å². The van der Waals surface area contributed by atoms with E-state index < -0.39 is 18.1 Å². The predicted octanol–water partition coefficient (Wildman–Crippen LogP) is 4.32. The first kappa shape index (κ1) is 22.9. The molecule has 1 unspecified atom stereocenters. The van der Waals surface area contributed by atoms with Crippen LogP contribution in [0, 0.1) is 0 Å². The van der Waals surface area contributed by atoms with Crippen LogP contribution in [0.15, 0.2) is 84.9 Å². The van der Waals surface area contributed by atoms with Gasteiger partial charge < -0.3 is 19.5 Å². The minimum atomic E-state index is -0.824. The second-order valence-electron chi connectivity index (χ2n) is 7.21. The van der Waals surface area contributed by atoms with E-state index in [1.165, 1.54) is 12.7 Å². The van der Waals surface area contributed by atoms with E-state index >= 15 is 0 Å². The number of hydrogen-bond donors (Lipinski definition) is 1. The largest absolute Gasteiger partial charge is 0.493 e. The van der Waals surface area contributed by atoms with E-state index in [0.29, 0.717) is 13.0 Å². The summed E-state index contributed by atoms with van der Waals surface area (Å²) in [4.78, 5) is 24.2. The normalized spacial score (nSPS) is 11.3. The summed E-state index contributed by atoms with van der Waals surface area (Å²) in [6.07, 6.45) is 0.466. The second-order valence-corrected chi connectivity index (χ2v) is 7.21. The summed E-state index contributed by atoms with van der Waals surface area (Å²) in [6.45, 7) is 0.661. The topological polar surface area (TPSA) is 73.9 Å². The van der Waals surface area contributed by atoms with Crippen LogP contribution in [0.4, 0.5) is 4.79 Å². The Bertz CT molecular complexity index is 974. The molecule has 0 bridgehead atoms. The molecule has 166 valence electrons. The van der Waals surface area contributed by atoms with Gasteiger partial charge in [0.05, 0.1) is 13.7 Å². The molecular formula is C26H27NO5. The Labute approximate surface area is 188 Å². The molecule has 6 nitrogen and oxygen atoms in total. The summed E-state index contributed by atoms with van der Waals surface area (Å²) in [5, 5.41) is 2.58. The fourth-order valence-electron chi connectivity index (χ4n) is 3.13. The lowest BCUT2D eigenvalue weighted by Crippen LogP contribution is -2.43. The first-order valence-electron chi connectivity index (χ1n) is 10.4. The molecule has 0 heterocycles. The SMILES string of the molecule is COC(=O)C(Cc1ccccc1)NC(=O)OCc1ccc(OCCc2ccccc2)cc1. The van der Waals surface area contributed by atoms with Crippen molar-refractivity contribution in [2.45, 2.75) is 25.5 Å². The van der Waals surface area contributed by atoms with E-state index in [9.17, 15) is 9.59 Å². The summed E-state index contributed by atoms with van der Waals surface area (Å²) in [7, 11) is 1.29. The maximum absolute atomic E-state index is 12.2. The number of nitrogens with one attached hydrogen (secondary N) is 1. The molecule has 3 aromatic carbocycles. The van der Waals surface area contributed by atoms with Gasteiger partial charge in [0.15, 0.2) is 0 Å². The molecule has 0 aliphatic rings. The molecule has 0 saturated carbocycles. The van der Waals surface area contributed by atoms with Crippen LogP contribution >= 0.6 is 0 Å². The molecule has 1 atom stereocenters. The van der Waals surface area contributed by atoms with Crippen molar-refractivity contribution in [2.75, 3.05) is 13.7 Å².